The van der Waals surface area contributed by atoms with E-state index < -0.39 is 0 Å². The van der Waals surface area contributed by atoms with Crippen LogP contribution in [0.15, 0.2) is 12.1 Å². The Labute approximate surface area is 110 Å². The fraction of sp³-hybridized carbons (Fsp3) is 0.643. The van der Waals surface area contributed by atoms with Crippen molar-refractivity contribution in [3.8, 4) is 0 Å². The smallest absolute Gasteiger partial charge is 0.169 e. The number of ether oxygens (including phenoxy) is 2. The lowest BCUT2D eigenvalue weighted by Gasteiger charge is -2.17. The van der Waals surface area contributed by atoms with Crippen LogP contribution in [0.3, 0.4) is 0 Å². The van der Waals surface area contributed by atoms with E-state index in [4.69, 9.17) is 9.47 Å². The van der Waals surface area contributed by atoms with Crippen LogP contribution >= 0.6 is 0 Å². The molecule has 1 rings (SSSR count). The highest BCUT2D eigenvalue weighted by atomic mass is 16.7. The van der Waals surface area contributed by atoms with Gasteiger partial charge in [0.15, 0.2) is 6.29 Å². The largest absolute Gasteiger partial charge is 0.352 e. The molecule has 0 fully saturated rings. The number of aromatic nitrogens is 1. The molecule has 1 aromatic rings. The Morgan fingerprint density at radius 3 is 2.39 bits per heavy atom. The Kier molecular flexibility index (Phi) is 6.86. The molecule has 0 aliphatic heterocycles. The summed E-state index contributed by atoms with van der Waals surface area (Å²) in [5, 5.41) is 3.31. The van der Waals surface area contributed by atoms with Crippen molar-refractivity contribution in [1.29, 1.82) is 0 Å². The molecule has 1 N–H and O–H groups in total. The van der Waals surface area contributed by atoms with Gasteiger partial charge < -0.3 is 14.8 Å². The van der Waals surface area contributed by atoms with Gasteiger partial charge in [-0.25, -0.2) is 0 Å². The summed E-state index contributed by atoms with van der Waals surface area (Å²) in [5.41, 5.74) is 3.35. The SMILES string of the molecule is CCOC(CNCc1ccc(C)c(C)n1)OCC. The molecule has 0 saturated heterocycles. The first kappa shape index (κ1) is 15.1. The molecule has 0 amide bonds. The van der Waals surface area contributed by atoms with Gasteiger partial charge in [-0.2, -0.15) is 0 Å². The summed E-state index contributed by atoms with van der Waals surface area (Å²) in [6.07, 6.45) is -0.174. The van der Waals surface area contributed by atoms with E-state index in [2.05, 4.69) is 23.3 Å². The molecule has 0 spiro atoms. The molecule has 4 nitrogen and oxygen atoms in total. The second-order valence-corrected chi connectivity index (χ2v) is 4.18. The first-order valence-electron chi connectivity index (χ1n) is 6.54. The third-order valence-corrected chi connectivity index (χ3v) is 2.73. The van der Waals surface area contributed by atoms with E-state index in [0.29, 0.717) is 19.8 Å². The number of nitrogens with one attached hydrogen (secondary N) is 1. The van der Waals surface area contributed by atoms with E-state index in [1.807, 2.05) is 26.8 Å². The van der Waals surface area contributed by atoms with Crippen LogP contribution in [0.2, 0.25) is 0 Å². The van der Waals surface area contributed by atoms with Gasteiger partial charge in [-0.15, -0.1) is 0 Å². The number of hydrogen-bond acceptors (Lipinski definition) is 4. The zero-order chi connectivity index (χ0) is 13.4. The minimum Gasteiger partial charge on any atom is -0.352 e. The molecule has 0 atom stereocenters. The monoisotopic (exact) mass is 252 g/mol. The number of aryl methyl sites for hydroxylation is 2. The van der Waals surface area contributed by atoms with Gasteiger partial charge >= 0.3 is 0 Å². The molecule has 18 heavy (non-hydrogen) atoms. The second-order valence-electron chi connectivity index (χ2n) is 4.18. The van der Waals surface area contributed by atoms with Crippen LogP contribution in [0.5, 0.6) is 0 Å². The standard InChI is InChI=1S/C14H24N2O2/c1-5-17-14(18-6-2)10-15-9-13-8-7-11(3)12(4)16-13/h7-8,14-15H,5-6,9-10H2,1-4H3. The van der Waals surface area contributed by atoms with Gasteiger partial charge in [0.2, 0.25) is 0 Å². The molecule has 0 aliphatic carbocycles. The second kappa shape index (κ2) is 8.19. The maximum Gasteiger partial charge on any atom is 0.169 e. The first-order valence-corrected chi connectivity index (χ1v) is 6.54. The molecular formula is C14H24N2O2. The number of rotatable bonds is 8. The Morgan fingerprint density at radius 1 is 1.17 bits per heavy atom. The van der Waals surface area contributed by atoms with E-state index in [1.165, 1.54) is 5.56 Å². The fourth-order valence-corrected chi connectivity index (χ4v) is 1.64. The van der Waals surface area contributed by atoms with Gasteiger partial charge in [0.1, 0.15) is 0 Å². The maximum atomic E-state index is 5.46. The molecule has 0 saturated carbocycles. The normalized spacial score (nSPS) is 11.2. The third-order valence-electron chi connectivity index (χ3n) is 2.73. The Bertz CT molecular complexity index is 350. The van der Waals surface area contributed by atoms with Gasteiger partial charge in [0.25, 0.3) is 0 Å². The van der Waals surface area contributed by atoms with Crippen molar-refractivity contribution in [3.63, 3.8) is 0 Å². The highest BCUT2D eigenvalue weighted by molar-refractivity contribution is 5.20. The molecule has 0 unspecified atom stereocenters. The van der Waals surface area contributed by atoms with Crippen LogP contribution < -0.4 is 5.32 Å². The lowest BCUT2D eigenvalue weighted by atomic mass is 10.2. The van der Waals surface area contributed by atoms with Crippen molar-refractivity contribution in [1.82, 2.24) is 10.3 Å². The summed E-state index contributed by atoms with van der Waals surface area (Å²) in [6.45, 7) is 10.8. The lowest BCUT2D eigenvalue weighted by molar-refractivity contribution is -0.133. The Hall–Kier alpha value is -0.970. The number of hydrogen-bond donors (Lipinski definition) is 1. The van der Waals surface area contributed by atoms with Crippen molar-refractivity contribution >= 4 is 0 Å². The predicted molar refractivity (Wildman–Crippen MR) is 72.5 cm³/mol. The van der Waals surface area contributed by atoms with Crippen LogP contribution in [0.4, 0.5) is 0 Å². The van der Waals surface area contributed by atoms with E-state index >= 15 is 0 Å². The van der Waals surface area contributed by atoms with Crippen molar-refractivity contribution in [2.75, 3.05) is 19.8 Å². The minimum absolute atomic E-state index is 0.174. The summed E-state index contributed by atoms with van der Waals surface area (Å²) in [6, 6.07) is 4.15. The number of pyridine rings is 1. The van der Waals surface area contributed by atoms with Crippen LogP contribution in [0, 0.1) is 13.8 Å². The van der Waals surface area contributed by atoms with Crippen LogP contribution in [0.1, 0.15) is 30.8 Å². The summed E-state index contributed by atoms with van der Waals surface area (Å²) >= 11 is 0. The zero-order valence-corrected chi connectivity index (χ0v) is 11.8. The van der Waals surface area contributed by atoms with E-state index in [9.17, 15) is 0 Å². The Balaban J connectivity index is 2.37. The van der Waals surface area contributed by atoms with Gasteiger partial charge in [-0.3, -0.25) is 4.98 Å². The molecule has 0 bridgehead atoms. The molecule has 1 heterocycles. The summed E-state index contributed by atoms with van der Waals surface area (Å²) < 4.78 is 10.9. The molecule has 102 valence electrons. The summed E-state index contributed by atoms with van der Waals surface area (Å²) in [4.78, 5) is 4.52. The zero-order valence-electron chi connectivity index (χ0n) is 11.8. The summed E-state index contributed by atoms with van der Waals surface area (Å²) in [7, 11) is 0. The maximum absolute atomic E-state index is 5.46. The molecule has 4 heteroatoms. The quantitative estimate of drug-likeness (QED) is 0.720. The lowest BCUT2D eigenvalue weighted by Crippen LogP contribution is -2.31. The fourth-order valence-electron chi connectivity index (χ4n) is 1.64. The predicted octanol–water partition coefficient (Wildman–Crippen LogP) is 2.19. The average Bonchev–Trinajstić information content (AvgIpc) is 2.34. The molecule has 0 aliphatic rings. The number of nitrogens with zero attached hydrogens (tertiary/aromatic N) is 1. The van der Waals surface area contributed by atoms with Gasteiger partial charge in [0.05, 0.1) is 5.69 Å². The molecule has 0 aromatic carbocycles. The Morgan fingerprint density at radius 2 is 1.83 bits per heavy atom. The van der Waals surface area contributed by atoms with Gasteiger partial charge in [0, 0.05) is 32.0 Å². The topological polar surface area (TPSA) is 43.4 Å². The molecular weight excluding hydrogens is 228 g/mol. The van der Waals surface area contributed by atoms with Crippen LogP contribution in [0.25, 0.3) is 0 Å². The highest BCUT2D eigenvalue weighted by Crippen LogP contribution is 2.04. The molecule has 1 aromatic heterocycles. The van der Waals surface area contributed by atoms with Crippen molar-refractivity contribution in [2.24, 2.45) is 0 Å². The summed E-state index contributed by atoms with van der Waals surface area (Å²) in [5.74, 6) is 0. The highest BCUT2D eigenvalue weighted by Gasteiger charge is 2.07. The van der Waals surface area contributed by atoms with Gasteiger partial charge in [-0.05, 0) is 39.3 Å². The minimum atomic E-state index is -0.174. The van der Waals surface area contributed by atoms with E-state index in [1.54, 1.807) is 0 Å². The molecule has 0 radical (unpaired) electrons. The van der Waals surface area contributed by atoms with E-state index in [-0.39, 0.29) is 6.29 Å². The van der Waals surface area contributed by atoms with Crippen molar-refractivity contribution in [3.05, 3.63) is 29.1 Å². The third kappa shape index (κ3) is 5.12. The van der Waals surface area contributed by atoms with Crippen LogP contribution in [-0.4, -0.2) is 31.0 Å². The van der Waals surface area contributed by atoms with Crippen molar-refractivity contribution in [2.45, 2.75) is 40.5 Å². The van der Waals surface area contributed by atoms with Gasteiger partial charge in [-0.1, -0.05) is 6.07 Å². The first-order chi connectivity index (χ1) is 8.67. The van der Waals surface area contributed by atoms with E-state index in [0.717, 1.165) is 17.9 Å². The average molecular weight is 252 g/mol. The van der Waals surface area contributed by atoms with Crippen molar-refractivity contribution < 1.29 is 9.47 Å². The van der Waals surface area contributed by atoms with Crippen LogP contribution in [-0.2, 0) is 16.0 Å².